The fourth-order valence-corrected chi connectivity index (χ4v) is 12.1. The van der Waals surface area contributed by atoms with Crippen molar-refractivity contribution in [2.45, 2.75) is 107 Å². The van der Waals surface area contributed by atoms with Gasteiger partial charge in [0.2, 0.25) is 0 Å². The summed E-state index contributed by atoms with van der Waals surface area (Å²) in [5.74, 6) is 0.685. The number of methoxy groups -OCH3 is 1. The summed E-state index contributed by atoms with van der Waals surface area (Å²) in [5.41, 5.74) is 3.52. The van der Waals surface area contributed by atoms with Crippen LogP contribution in [0.4, 0.5) is 17.1 Å². The largest absolute Gasteiger partial charge is 0.473 e. The number of nitro benzene ring substituents is 1. The Morgan fingerprint density at radius 3 is 2.48 bits per heavy atom. The summed E-state index contributed by atoms with van der Waals surface area (Å²) in [7, 11) is -3.06. The molecule has 1 amide bonds. The van der Waals surface area contributed by atoms with E-state index in [1.807, 2.05) is 13.0 Å². The van der Waals surface area contributed by atoms with Gasteiger partial charge in [-0.25, -0.2) is 13.1 Å². The lowest BCUT2D eigenvalue weighted by Crippen LogP contribution is -2.63. The van der Waals surface area contributed by atoms with E-state index in [-0.39, 0.29) is 53.2 Å². The van der Waals surface area contributed by atoms with Crippen molar-refractivity contribution < 1.29 is 37.5 Å². The summed E-state index contributed by atoms with van der Waals surface area (Å²) >= 11 is 0. The Labute approximate surface area is 404 Å². The van der Waals surface area contributed by atoms with Crippen LogP contribution in [0.25, 0.3) is 11.0 Å². The molecule has 0 unspecified atom stereocenters. The molecular weight excluding hydrogens is 899 g/mol. The number of benzene rings is 3. The molecule has 0 bridgehead atoms. The molecule has 0 radical (unpaired) electrons. The molecule has 4 fully saturated rings. The minimum absolute atomic E-state index is 0.0762. The van der Waals surface area contributed by atoms with Crippen molar-refractivity contribution in [2.75, 3.05) is 63.3 Å². The molecule has 2 atom stereocenters. The summed E-state index contributed by atoms with van der Waals surface area (Å²) in [6.45, 7) is 11.0. The smallest absolute Gasteiger partial charge is 0.293 e. The highest BCUT2D eigenvalue weighted by atomic mass is 32.2. The number of hydrogen-bond donors (Lipinski definition) is 4. The monoisotopic (exact) mass is 963 g/mol. The number of nitrogens with one attached hydrogen (secondary N) is 3. The lowest BCUT2D eigenvalue weighted by Gasteiger charge is -2.57. The fourth-order valence-electron chi connectivity index (χ4n) is 11.1. The number of ether oxygens (including phenoxy) is 3. The van der Waals surface area contributed by atoms with Crippen LogP contribution in [0.3, 0.4) is 0 Å². The molecular formula is C52H65N7O9S. The van der Waals surface area contributed by atoms with Gasteiger partial charge in [0.1, 0.15) is 23.7 Å². The summed E-state index contributed by atoms with van der Waals surface area (Å²) in [6.07, 6.45) is 10.2. The van der Waals surface area contributed by atoms with Gasteiger partial charge in [-0.1, -0.05) is 44.5 Å². The van der Waals surface area contributed by atoms with Crippen LogP contribution in [0, 0.1) is 21.4 Å². The standard InChI is InChI=1S/C52H65N7O9S/c1-34(2)39-8-5-6-9-40(39)41-10-7-11-44(41)58-32-52(33-58)21-24-57(25-22-52)37-12-14-42(46(29-37)68-47-28-36-18-23-53-48(36)55-50(47)67-27-26-66-4)49(60)56-69(64,65)38-13-15-43(45(30-38)59(62)63)54-31-35-16-19-51(3,61)20-17-35/h5-6,8-9,12-15,18,23,28-30,34-35,41,44,54,61H,7,10-11,16-17,19-22,24-27,31-33H2,1-4H3,(H,53,55)(H,56,60)/t35?,41-,44-,51?/m0/s1. The predicted octanol–water partition coefficient (Wildman–Crippen LogP) is 9.12. The van der Waals surface area contributed by atoms with Crippen molar-refractivity contribution >= 4 is 44.0 Å². The van der Waals surface area contributed by atoms with E-state index >= 15 is 0 Å². The van der Waals surface area contributed by atoms with Crippen molar-refractivity contribution in [3.05, 3.63) is 106 Å². The van der Waals surface area contributed by atoms with E-state index in [4.69, 9.17) is 14.2 Å². The van der Waals surface area contributed by atoms with Crippen molar-refractivity contribution in [1.82, 2.24) is 19.6 Å². The number of fused-ring (bicyclic) bond motifs is 1. The van der Waals surface area contributed by atoms with Crippen molar-refractivity contribution in [2.24, 2.45) is 11.3 Å². The number of sulfonamides is 1. The van der Waals surface area contributed by atoms with Crippen LogP contribution in [0.5, 0.6) is 17.4 Å². The first kappa shape index (κ1) is 48.3. The number of carbonyl (C=O) groups excluding carboxylic acids is 1. The van der Waals surface area contributed by atoms with Gasteiger partial charge < -0.3 is 34.5 Å². The second-order valence-electron chi connectivity index (χ2n) is 20.3. The minimum Gasteiger partial charge on any atom is -0.473 e. The first-order valence-corrected chi connectivity index (χ1v) is 25.9. The number of likely N-dealkylation sites (tertiary alicyclic amines) is 1. The maximum atomic E-state index is 14.2. The molecule has 368 valence electrons. The van der Waals surface area contributed by atoms with E-state index in [1.54, 1.807) is 37.6 Å². The van der Waals surface area contributed by atoms with Gasteiger partial charge in [0.15, 0.2) is 5.75 Å². The Kier molecular flexibility index (Phi) is 13.9. The van der Waals surface area contributed by atoms with E-state index in [2.05, 4.69) is 67.9 Å². The molecule has 4 N–H and O–H groups in total. The normalized spacial score (nSPS) is 22.7. The van der Waals surface area contributed by atoms with Crippen LogP contribution >= 0.6 is 0 Å². The first-order chi connectivity index (χ1) is 33.1. The van der Waals surface area contributed by atoms with Gasteiger partial charge in [0, 0.05) is 75.3 Å². The highest BCUT2D eigenvalue weighted by molar-refractivity contribution is 7.90. The summed E-state index contributed by atoms with van der Waals surface area (Å²) in [5, 5.41) is 26.4. The quantitative estimate of drug-likeness (QED) is 0.0391. The van der Waals surface area contributed by atoms with Crippen LogP contribution in [-0.2, 0) is 14.8 Å². The molecule has 2 saturated heterocycles. The lowest BCUT2D eigenvalue weighted by atomic mass is 9.70. The topological polar surface area (TPSA) is 201 Å². The molecule has 2 aliphatic heterocycles. The van der Waals surface area contributed by atoms with Gasteiger partial charge in [-0.15, -0.1) is 0 Å². The SMILES string of the molecule is COCCOc1nc2[nH]ccc2cc1Oc1cc(N2CCC3(CC2)CN([C@H]2CCC[C@H]2c2ccccc2C(C)C)C3)ccc1C(=O)NS(=O)(=O)c1ccc(NCC2CCC(C)(O)CC2)c([N+](=O)[O-])c1. The number of aromatic amines is 1. The zero-order valence-electron chi connectivity index (χ0n) is 40.0. The van der Waals surface area contributed by atoms with Crippen LogP contribution in [-0.4, -0.2) is 104 Å². The number of aliphatic hydroxyl groups is 1. The number of hydrogen-bond acceptors (Lipinski definition) is 13. The van der Waals surface area contributed by atoms with Gasteiger partial charge in [0.05, 0.1) is 27.6 Å². The van der Waals surface area contributed by atoms with Crippen molar-refractivity contribution in [3.63, 3.8) is 0 Å². The zero-order chi connectivity index (χ0) is 48.5. The second kappa shape index (κ2) is 19.9. The third kappa shape index (κ3) is 10.6. The molecule has 1 spiro atoms. The zero-order valence-corrected chi connectivity index (χ0v) is 40.9. The maximum absolute atomic E-state index is 14.2. The number of anilines is 2. The Morgan fingerprint density at radius 1 is 0.971 bits per heavy atom. The minimum atomic E-state index is -4.62. The van der Waals surface area contributed by atoms with Crippen LogP contribution in [0.2, 0.25) is 0 Å². The van der Waals surface area contributed by atoms with Gasteiger partial charge in [-0.05, 0) is 129 Å². The number of H-pyrrole nitrogens is 1. The number of carbonyl (C=O) groups is 1. The summed E-state index contributed by atoms with van der Waals surface area (Å²) in [6, 6.07) is 21.8. The van der Waals surface area contributed by atoms with E-state index in [1.165, 1.54) is 42.5 Å². The predicted molar refractivity (Wildman–Crippen MR) is 265 cm³/mol. The molecule has 2 aromatic heterocycles. The van der Waals surface area contributed by atoms with Crippen molar-refractivity contribution in [3.8, 4) is 17.4 Å². The summed E-state index contributed by atoms with van der Waals surface area (Å²) < 4.78 is 47.7. The average molecular weight is 964 g/mol. The van der Waals surface area contributed by atoms with E-state index < -0.39 is 37.0 Å². The number of pyridine rings is 1. The highest BCUT2D eigenvalue weighted by Crippen LogP contribution is 2.49. The molecule has 4 aliphatic rings. The van der Waals surface area contributed by atoms with Gasteiger partial charge in [0.25, 0.3) is 27.5 Å². The average Bonchev–Trinajstić information content (AvgIpc) is 4.00. The molecule has 2 aliphatic carbocycles. The number of amides is 1. The van der Waals surface area contributed by atoms with Crippen LogP contribution in [0.1, 0.15) is 112 Å². The first-order valence-electron chi connectivity index (χ1n) is 24.4. The van der Waals surface area contributed by atoms with E-state index in [0.717, 1.165) is 69.0 Å². The third-order valence-corrected chi connectivity index (χ3v) is 16.5. The lowest BCUT2D eigenvalue weighted by molar-refractivity contribution is -0.384. The molecule has 3 aromatic carbocycles. The Bertz CT molecular complexity index is 2770. The van der Waals surface area contributed by atoms with Crippen LogP contribution < -0.4 is 24.4 Å². The fraction of sp³-hybridized carbons (Fsp3) is 0.500. The summed E-state index contributed by atoms with van der Waals surface area (Å²) in [4.78, 5) is 38.1. The number of aromatic nitrogens is 2. The van der Waals surface area contributed by atoms with E-state index in [9.17, 15) is 28.4 Å². The highest BCUT2D eigenvalue weighted by Gasteiger charge is 2.49. The maximum Gasteiger partial charge on any atom is 0.293 e. The molecule has 17 heteroatoms. The van der Waals surface area contributed by atoms with Gasteiger partial charge in [-0.2, -0.15) is 4.98 Å². The molecule has 4 heterocycles. The second-order valence-corrected chi connectivity index (χ2v) is 22.0. The van der Waals surface area contributed by atoms with Crippen LogP contribution in [0.15, 0.2) is 83.9 Å². The van der Waals surface area contributed by atoms with Gasteiger partial charge >= 0.3 is 0 Å². The number of piperidine rings is 1. The number of nitro groups is 1. The molecule has 5 aromatic rings. The number of nitrogens with zero attached hydrogens (tertiary/aromatic N) is 4. The molecule has 2 saturated carbocycles. The van der Waals surface area contributed by atoms with Gasteiger partial charge in [-0.3, -0.25) is 19.8 Å². The molecule has 16 nitrogen and oxygen atoms in total. The molecule has 69 heavy (non-hydrogen) atoms. The Balaban J connectivity index is 0.934. The number of rotatable bonds is 17. The Morgan fingerprint density at radius 2 is 1.74 bits per heavy atom. The van der Waals surface area contributed by atoms with Crippen molar-refractivity contribution in [1.29, 1.82) is 0 Å². The Hall–Kier alpha value is -5.75. The third-order valence-electron chi connectivity index (χ3n) is 15.1. The van der Waals surface area contributed by atoms with E-state index in [0.29, 0.717) is 42.9 Å². The molecule has 9 rings (SSSR count).